The first-order valence-electron chi connectivity index (χ1n) is 6.82. The zero-order chi connectivity index (χ0) is 15.2. The maximum atomic E-state index is 12.0. The van der Waals surface area contributed by atoms with Crippen molar-refractivity contribution in [2.45, 2.75) is 34.1 Å². The van der Waals surface area contributed by atoms with Gasteiger partial charge in [-0.2, -0.15) is 0 Å². The Morgan fingerprint density at radius 1 is 1.35 bits per heavy atom. The molecular formula is C17H23NO2. The highest BCUT2D eigenvalue weighted by Crippen LogP contribution is 2.13. The van der Waals surface area contributed by atoms with E-state index >= 15 is 0 Å². The van der Waals surface area contributed by atoms with E-state index in [9.17, 15) is 4.79 Å². The van der Waals surface area contributed by atoms with Crippen molar-refractivity contribution in [1.82, 2.24) is 5.32 Å². The normalized spacial score (nSPS) is 10.7. The number of carbonyl (C=O) groups is 1. The molecule has 1 aromatic rings. The molecule has 0 spiro atoms. The molecule has 0 unspecified atom stereocenters. The van der Waals surface area contributed by atoms with Gasteiger partial charge in [0.2, 0.25) is 0 Å². The average Bonchev–Trinajstić information content (AvgIpc) is 2.37. The zero-order valence-corrected chi connectivity index (χ0v) is 12.7. The molecule has 1 amide bonds. The molecule has 0 saturated heterocycles. The van der Waals surface area contributed by atoms with E-state index in [1.54, 1.807) is 6.07 Å². The molecule has 0 heterocycles. The van der Waals surface area contributed by atoms with Crippen molar-refractivity contribution in [3.63, 3.8) is 0 Å². The third-order valence-electron chi connectivity index (χ3n) is 2.73. The smallest absolute Gasteiger partial charge is 0.251 e. The SMILES string of the molecule is Cc1cc(C(=O)NCC(C)(C)C)ccc1C#CCCO. The minimum atomic E-state index is -0.0575. The van der Waals surface area contributed by atoms with Crippen LogP contribution in [0.2, 0.25) is 0 Å². The van der Waals surface area contributed by atoms with Crippen LogP contribution in [0.4, 0.5) is 0 Å². The second-order valence-corrected chi connectivity index (χ2v) is 6.05. The van der Waals surface area contributed by atoms with Gasteiger partial charge in [0, 0.05) is 24.1 Å². The summed E-state index contributed by atoms with van der Waals surface area (Å²) in [5.74, 6) is 5.82. The van der Waals surface area contributed by atoms with Gasteiger partial charge in [-0.3, -0.25) is 4.79 Å². The van der Waals surface area contributed by atoms with Gasteiger partial charge in [-0.05, 0) is 36.1 Å². The van der Waals surface area contributed by atoms with Crippen LogP contribution in [0.5, 0.6) is 0 Å². The molecule has 2 N–H and O–H groups in total. The molecule has 20 heavy (non-hydrogen) atoms. The molecule has 0 fully saturated rings. The number of nitrogens with one attached hydrogen (secondary N) is 1. The van der Waals surface area contributed by atoms with E-state index in [0.29, 0.717) is 18.5 Å². The van der Waals surface area contributed by atoms with Crippen molar-refractivity contribution in [2.75, 3.05) is 13.2 Å². The maximum absolute atomic E-state index is 12.0. The Labute approximate surface area is 121 Å². The number of hydrogen-bond donors (Lipinski definition) is 2. The minimum Gasteiger partial charge on any atom is -0.395 e. The van der Waals surface area contributed by atoms with E-state index in [2.05, 4.69) is 37.9 Å². The summed E-state index contributed by atoms with van der Waals surface area (Å²) in [7, 11) is 0. The molecule has 0 aromatic heterocycles. The van der Waals surface area contributed by atoms with Gasteiger partial charge < -0.3 is 10.4 Å². The maximum Gasteiger partial charge on any atom is 0.251 e. The number of hydrogen-bond acceptors (Lipinski definition) is 2. The number of benzene rings is 1. The Balaban J connectivity index is 2.77. The molecule has 1 aromatic carbocycles. The van der Waals surface area contributed by atoms with Crippen LogP contribution in [0.1, 0.15) is 48.7 Å². The molecule has 0 bridgehead atoms. The Morgan fingerprint density at radius 2 is 2.05 bits per heavy atom. The molecule has 0 aliphatic heterocycles. The van der Waals surface area contributed by atoms with E-state index in [0.717, 1.165) is 11.1 Å². The first kappa shape index (κ1) is 16.3. The van der Waals surface area contributed by atoms with Crippen LogP contribution in [-0.2, 0) is 0 Å². The Hall–Kier alpha value is -1.79. The van der Waals surface area contributed by atoms with Gasteiger partial charge in [0.25, 0.3) is 5.91 Å². The van der Waals surface area contributed by atoms with Crippen molar-refractivity contribution >= 4 is 5.91 Å². The van der Waals surface area contributed by atoms with E-state index in [4.69, 9.17) is 5.11 Å². The van der Waals surface area contributed by atoms with Gasteiger partial charge in [0.05, 0.1) is 6.61 Å². The topological polar surface area (TPSA) is 49.3 Å². The zero-order valence-electron chi connectivity index (χ0n) is 12.7. The number of aliphatic hydroxyl groups excluding tert-OH is 1. The Bertz CT molecular complexity index is 530. The van der Waals surface area contributed by atoms with Crippen molar-refractivity contribution in [2.24, 2.45) is 5.41 Å². The van der Waals surface area contributed by atoms with Gasteiger partial charge >= 0.3 is 0 Å². The van der Waals surface area contributed by atoms with Crippen LogP contribution in [0.25, 0.3) is 0 Å². The molecule has 0 aliphatic carbocycles. The monoisotopic (exact) mass is 273 g/mol. The van der Waals surface area contributed by atoms with Gasteiger partial charge in [0.15, 0.2) is 0 Å². The summed E-state index contributed by atoms with van der Waals surface area (Å²) >= 11 is 0. The minimum absolute atomic E-state index is 0.0575. The summed E-state index contributed by atoms with van der Waals surface area (Å²) in [5, 5.41) is 11.6. The second-order valence-electron chi connectivity index (χ2n) is 6.05. The van der Waals surface area contributed by atoms with Gasteiger partial charge in [-0.15, -0.1) is 0 Å². The molecule has 0 saturated carbocycles. The van der Waals surface area contributed by atoms with Gasteiger partial charge in [-0.1, -0.05) is 32.6 Å². The van der Waals surface area contributed by atoms with Crippen molar-refractivity contribution in [3.05, 3.63) is 34.9 Å². The average molecular weight is 273 g/mol. The van der Waals surface area contributed by atoms with Crippen LogP contribution >= 0.6 is 0 Å². The summed E-state index contributed by atoms with van der Waals surface area (Å²) in [6.45, 7) is 8.89. The summed E-state index contributed by atoms with van der Waals surface area (Å²) in [6, 6.07) is 5.49. The standard InChI is InChI=1S/C17H23NO2/c1-13-11-15(16(20)18-12-17(2,3)4)9-8-14(13)7-5-6-10-19/h8-9,11,19H,6,10,12H2,1-4H3,(H,18,20). The summed E-state index contributed by atoms with van der Waals surface area (Å²) in [5.41, 5.74) is 2.59. The largest absolute Gasteiger partial charge is 0.395 e. The number of aliphatic hydroxyl groups is 1. The summed E-state index contributed by atoms with van der Waals surface area (Å²) in [4.78, 5) is 12.0. The predicted octanol–water partition coefficient (Wildman–Crippen LogP) is 2.50. The number of carbonyl (C=O) groups excluding carboxylic acids is 1. The number of amides is 1. The van der Waals surface area contributed by atoms with E-state index in [1.807, 2.05) is 19.1 Å². The molecule has 1 rings (SSSR count). The lowest BCUT2D eigenvalue weighted by Gasteiger charge is -2.18. The van der Waals surface area contributed by atoms with Crippen molar-refractivity contribution in [3.8, 4) is 11.8 Å². The lowest BCUT2D eigenvalue weighted by molar-refractivity contribution is 0.0939. The molecule has 3 nitrogen and oxygen atoms in total. The molecule has 0 radical (unpaired) electrons. The van der Waals surface area contributed by atoms with E-state index < -0.39 is 0 Å². The van der Waals surface area contributed by atoms with Crippen LogP contribution in [-0.4, -0.2) is 24.2 Å². The predicted molar refractivity (Wildman–Crippen MR) is 81.5 cm³/mol. The quantitative estimate of drug-likeness (QED) is 0.831. The highest BCUT2D eigenvalue weighted by Gasteiger charge is 2.13. The molecule has 3 heteroatoms. The lowest BCUT2D eigenvalue weighted by Crippen LogP contribution is -2.32. The first-order valence-corrected chi connectivity index (χ1v) is 6.82. The van der Waals surface area contributed by atoms with Crippen molar-refractivity contribution < 1.29 is 9.90 Å². The molecule has 108 valence electrons. The van der Waals surface area contributed by atoms with E-state index in [1.165, 1.54) is 0 Å². The lowest BCUT2D eigenvalue weighted by atomic mass is 9.96. The van der Waals surface area contributed by atoms with E-state index in [-0.39, 0.29) is 17.9 Å². The number of rotatable bonds is 3. The fourth-order valence-electron chi connectivity index (χ4n) is 1.61. The molecule has 0 atom stereocenters. The van der Waals surface area contributed by atoms with Crippen LogP contribution < -0.4 is 5.32 Å². The first-order chi connectivity index (χ1) is 9.33. The van der Waals surface area contributed by atoms with Gasteiger partial charge in [-0.25, -0.2) is 0 Å². The molecule has 0 aliphatic rings. The molecular weight excluding hydrogens is 250 g/mol. The fourth-order valence-corrected chi connectivity index (χ4v) is 1.61. The fraction of sp³-hybridized carbons (Fsp3) is 0.471. The third kappa shape index (κ3) is 5.46. The highest BCUT2D eigenvalue weighted by molar-refractivity contribution is 5.94. The summed E-state index contributed by atoms with van der Waals surface area (Å²) < 4.78 is 0. The second kappa shape index (κ2) is 7.12. The Kier molecular flexibility index (Phi) is 5.79. The van der Waals surface area contributed by atoms with Gasteiger partial charge in [0.1, 0.15) is 0 Å². The van der Waals surface area contributed by atoms with Crippen LogP contribution in [0.15, 0.2) is 18.2 Å². The Morgan fingerprint density at radius 3 is 2.60 bits per heavy atom. The third-order valence-corrected chi connectivity index (χ3v) is 2.73. The number of aryl methyl sites for hydroxylation is 1. The highest BCUT2D eigenvalue weighted by atomic mass is 16.2. The van der Waals surface area contributed by atoms with Crippen molar-refractivity contribution in [1.29, 1.82) is 0 Å². The summed E-state index contributed by atoms with van der Waals surface area (Å²) in [6.07, 6.45) is 0.466. The van der Waals surface area contributed by atoms with Crippen LogP contribution in [0, 0.1) is 24.2 Å². The van der Waals surface area contributed by atoms with Crippen LogP contribution in [0.3, 0.4) is 0 Å².